The largest absolute Gasteiger partial charge is 0.414 e. The molecule has 2 aromatic rings. The van der Waals surface area contributed by atoms with Gasteiger partial charge in [0.05, 0.1) is 4.88 Å². The van der Waals surface area contributed by atoms with E-state index in [2.05, 4.69) is 22.1 Å². The molecule has 0 aliphatic carbocycles. The summed E-state index contributed by atoms with van der Waals surface area (Å²) in [5.74, 6) is 0.904. The van der Waals surface area contributed by atoms with Gasteiger partial charge in [-0.05, 0) is 50.9 Å². The van der Waals surface area contributed by atoms with Crippen molar-refractivity contribution in [1.82, 2.24) is 15.2 Å². The summed E-state index contributed by atoms with van der Waals surface area (Å²) in [4.78, 5) is 19.5. The fourth-order valence-corrected chi connectivity index (χ4v) is 4.38. The molecule has 2 bridgehead atoms. The second kappa shape index (κ2) is 5.98. The molecule has 122 valence electrons. The van der Waals surface area contributed by atoms with Crippen LogP contribution in [-0.2, 0) is 0 Å². The van der Waals surface area contributed by atoms with Crippen LogP contribution in [0.4, 0.5) is 0 Å². The summed E-state index contributed by atoms with van der Waals surface area (Å²) in [6.07, 6.45) is 5.17. The first-order valence-electron chi connectivity index (χ1n) is 7.92. The monoisotopic (exact) mass is 333 g/mol. The number of nitrogens with one attached hydrogen (secondary N) is 1. The van der Waals surface area contributed by atoms with Gasteiger partial charge in [0.2, 0.25) is 0 Å². The van der Waals surface area contributed by atoms with E-state index in [9.17, 15) is 4.79 Å². The van der Waals surface area contributed by atoms with Gasteiger partial charge in [0.25, 0.3) is 5.91 Å². The number of thiophene rings is 1. The quantitative estimate of drug-likeness (QED) is 0.932. The Morgan fingerprint density at radius 2 is 2.26 bits per heavy atom. The van der Waals surface area contributed by atoms with Gasteiger partial charge < -0.3 is 14.5 Å². The Morgan fingerprint density at radius 1 is 1.43 bits per heavy atom. The lowest BCUT2D eigenvalue weighted by Crippen LogP contribution is -2.62. The predicted molar refractivity (Wildman–Crippen MR) is 85.9 cm³/mol. The number of carbonyl (C=O) groups excluding carboxylic acids is 1. The number of amides is 1. The molecule has 0 radical (unpaired) electrons. The van der Waals surface area contributed by atoms with Gasteiger partial charge in [-0.2, -0.15) is 0 Å². The lowest BCUT2D eigenvalue weighted by Gasteiger charge is -2.49. The van der Waals surface area contributed by atoms with Crippen molar-refractivity contribution in [2.75, 3.05) is 13.1 Å². The fourth-order valence-electron chi connectivity index (χ4n) is 3.62. The number of oxazole rings is 1. The molecule has 1 N–H and O–H groups in total. The number of fused-ring (bicyclic) bond motifs is 3. The van der Waals surface area contributed by atoms with Crippen molar-refractivity contribution in [2.24, 2.45) is 5.92 Å². The summed E-state index contributed by atoms with van der Waals surface area (Å²) < 4.78 is 10.6. The lowest BCUT2D eigenvalue weighted by atomic mass is 9.79. The lowest BCUT2D eigenvalue weighted by molar-refractivity contribution is 0.0218. The molecule has 0 unspecified atom stereocenters. The van der Waals surface area contributed by atoms with Crippen LogP contribution in [0.1, 0.15) is 29.4 Å². The van der Waals surface area contributed by atoms with Crippen LogP contribution in [0.15, 0.2) is 29.1 Å². The van der Waals surface area contributed by atoms with Crippen molar-refractivity contribution in [3.8, 4) is 11.0 Å². The highest BCUT2D eigenvalue weighted by atomic mass is 32.1. The van der Waals surface area contributed by atoms with E-state index in [0.29, 0.717) is 27.8 Å². The van der Waals surface area contributed by atoms with Crippen molar-refractivity contribution in [1.29, 1.82) is 0 Å². The average molecular weight is 333 g/mol. The van der Waals surface area contributed by atoms with Crippen LogP contribution in [0.3, 0.4) is 0 Å². The molecule has 23 heavy (non-hydrogen) atoms. The zero-order valence-corrected chi connectivity index (χ0v) is 13.7. The molecule has 0 saturated carbocycles. The van der Waals surface area contributed by atoms with Gasteiger partial charge in [-0.25, -0.2) is 4.98 Å². The molecule has 5 rings (SSSR count). The summed E-state index contributed by atoms with van der Waals surface area (Å²) in [6, 6.07) is 4.22. The summed E-state index contributed by atoms with van der Waals surface area (Å²) >= 11 is 1.31. The third-order valence-corrected chi connectivity index (χ3v) is 5.85. The van der Waals surface area contributed by atoms with E-state index in [1.807, 2.05) is 0 Å². The Morgan fingerprint density at radius 3 is 2.96 bits per heavy atom. The van der Waals surface area contributed by atoms with Gasteiger partial charge in [0.15, 0.2) is 11.5 Å². The molecule has 0 spiro atoms. The number of hydrogen-bond donors (Lipinski definition) is 1. The standard InChI is InChI=1S/C16H19N3O3S/c1-10-15(11-4-6-19(10)7-5-11)18-16(20)12-2-3-14(23-12)22-13-8-17-9-21-13/h2-3,8-11,15H,4-7H2,1H3,(H,18,20)/t10-,15-/m0/s1. The molecule has 6 nitrogen and oxygen atoms in total. The normalized spacial score (nSPS) is 29.4. The van der Waals surface area contributed by atoms with Crippen LogP contribution in [0.25, 0.3) is 0 Å². The summed E-state index contributed by atoms with van der Waals surface area (Å²) in [5.41, 5.74) is 0. The number of aromatic nitrogens is 1. The van der Waals surface area contributed by atoms with E-state index >= 15 is 0 Å². The number of piperidine rings is 3. The number of ether oxygens (including phenoxy) is 1. The first-order chi connectivity index (χ1) is 11.2. The average Bonchev–Trinajstić information content (AvgIpc) is 3.23. The molecule has 2 atom stereocenters. The van der Waals surface area contributed by atoms with E-state index in [0.717, 1.165) is 13.1 Å². The summed E-state index contributed by atoms with van der Waals surface area (Å²) in [7, 11) is 0. The maximum absolute atomic E-state index is 12.5. The molecular formula is C16H19N3O3S. The Labute approximate surface area is 138 Å². The van der Waals surface area contributed by atoms with E-state index < -0.39 is 0 Å². The Hall–Kier alpha value is -1.86. The maximum atomic E-state index is 12.5. The Bertz CT molecular complexity index is 675. The van der Waals surface area contributed by atoms with Crippen LogP contribution in [-0.4, -0.2) is 41.0 Å². The van der Waals surface area contributed by atoms with Crippen LogP contribution in [0.5, 0.6) is 11.0 Å². The van der Waals surface area contributed by atoms with Crippen molar-refractivity contribution in [3.05, 3.63) is 29.6 Å². The SMILES string of the molecule is C[C@H]1[C@H](NC(=O)c2ccc(Oc3cnco3)s2)C2CCN1CC2. The van der Waals surface area contributed by atoms with Crippen molar-refractivity contribution >= 4 is 17.2 Å². The van der Waals surface area contributed by atoms with Crippen LogP contribution >= 0.6 is 11.3 Å². The summed E-state index contributed by atoms with van der Waals surface area (Å²) in [6.45, 7) is 4.53. The van der Waals surface area contributed by atoms with E-state index in [1.54, 1.807) is 12.1 Å². The van der Waals surface area contributed by atoms with Gasteiger partial charge >= 0.3 is 5.95 Å². The van der Waals surface area contributed by atoms with Crippen molar-refractivity contribution < 1.29 is 13.9 Å². The molecule has 3 aliphatic heterocycles. The molecule has 3 saturated heterocycles. The first-order valence-corrected chi connectivity index (χ1v) is 8.73. The second-order valence-corrected chi connectivity index (χ2v) is 7.20. The molecule has 1 amide bonds. The molecule has 0 aromatic carbocycles. The minimum atomic E-state index is -0.0204. The third kappa shape index (κ3) is 2.86. The molecular weight excluding hydrogens is 314 g/mol. The smallest absolute Gasteiger partial charge is 0.311 e. The zero-order valence-electron chi connectivity index (χ0n) is 12.9. The van der Waals surface area contributed by atoms with Gasteiger partial charge in [-0.3, -0.25) is 9.69 Å². The van der Waals surface area contributed by atoms with E-state index in [-0.39, 0.29) is 11.9 Å². The van der Waals surface area contributed by atoms with Crippen LogP contribution in [0, 0.1) is 5.92 Å². The van der Waals surface area contributed by atoms with Gasteiger partial charge in [0, 0.05) is 12.1 Å². The molecule has 2 aromatic heterocycles. The predicted octanol–water partition coefficient (Wildman–Crippen LogP) is 2.74. The second-order valence-electron chi connectivity index (χ2n) is 6.15. The van der Waals surface area contributed by atoms with E-state index in [1.165, 1.54) is 36.8 Å². The van der Waals surface area contributed by atoms with Crippen LogP contribution < -0.4 is 10.1 Å². The fraction of sp³-hybridized carbons (Fsp3) is 0.500. The number of carbonyl (C=O) groups is 1. The van der Waals surface area contributed by atoms with Gasteiger partial charge in [0.1, 0.15) is 6.20 Å². The van der Waals surface area contributed by atoms with Crippen LogP contribution in [0.2, 0.25) is 0 Å². The highest BCUT2D eigenvalue weighted by Gasteiger charge is 2.40. The topological polar surface area (TPSA) is 67.6 Å². The third-order valence-electron chi connectivity index (χ3n) is 4.89. The zero-order chi connectivity index (χ0) is 15.8. The number of nitrogens with zero attached hydrogens (tertiary/aromatic N) is 2. The Balaban J connectivity index is 1.42. The molecule has 3 fully saturated rings. The Kier molecular flexibility index (Phi) is 3.82. The van der Waals surface area contributed by atoms with Gasteiger partial charge in [-0.15, -0.1) is 0 Å². The number of hydrogen-bond acceptors (Lipinski definition) is 6. The minimum absolute atomic E-state index is 0.0204. The maximum Gasteiger partial charge on any atom is 0.311 e. The minimum Gasteiger partial charge on any atom is -0.414 e. The molecule has 7 heteroatoms. The molecule has 5 heterocycles. The highest BCUT2D eigenvalue weighted by molar-refractivity contribution is 7.15. The van der Waals surface area contributed by atoms with E-state index in [4.69, 9.17) is 9.15 Å². The first kappa shape index (κ1) is 14.7. The molecule has 3 aliphatic rings. The van der Waals surface area contributed by atoms with Crippen molar-refractivity contribution in [3.63, 3.8) is 0 Å². The number of rotatable bonds is 4. The highest BCUT2D eigenvalue weighted by Crippen LogP contribution is 2.33. The summed E-state index contributed by atoms with van der Waals surface area (Å²) in [5, 5.41) is 3.85. The van der Waals surface area contributed by atoms with Crippen molar-refractivity contribution in [2.45, 2.75) is 31.8 Å². The van der Waals surface area contributed by atoms with Gasteiger partial charge in [-0.1, -0.05) is 11.3 Å².